The molecule has 1 saturated heterocycles. The van der Waals surface area contributed by atoms with Gasteiger partial charge in [-0.2, -0.15) is 0 Å². The Morgan fingerprint density at radius 3 is 2.59 bits per heavy atom. The molecule has 8 nitrogen and oxygen atoms in total. The smallest absolute Gasteiger partial charge is 0.410 e. The van der Waals surface area contributed by atoms with E-state index >= 15 is 0 Å². The summed E-state index contributed by atoms with van der Waals surface area (Å²) in [5.41, 5.74) is 0.603. The number of likely N-dealkylation sites (tertiary alicyclic amines) is 1. The lowest BCUT2D eigenvalue weighted by molar-refractivity contribution is 0.00701. The van der Waals surface area contributed by atoms with E-state index in [1.54, 1.807) is 11.9 Å². The van der Waals surface area contributed by atoms with Gasteiger partial charge in [0.2, 0.25) is 0 Å². The van der Waals surface area contributed by atoms with Crippen molar-refractivity contribution < 1.29 is 19.0 Å². The van der Waals surface area contributed by atoms with Gasteiger partial charge in [0.05, 0.1) is 19.3 Å². The SMILES string of the molecule is CN=C(NCc1ccc2c(c1)OCCCO2)NC1CN(C(=O)OC(C)(C)C)C1.I. The number of amides is 1. The number of guanidine groups is 1. The molecule has 1 fully saturated rings. The number of halogens is 1. The molecule has 2 aliphatic rings. The molecular weight excluding hydrogens is 487 g/mol. The zero-order valence-electron chi connectivity index (χ0n) is 17.5. The number of carbonyl (C=O) groups is 1. The maximum Gasteiger partial charge on any atom is 0.410 e. The second kappa shape index (κ2) is 10.2. The fourth-order valence-corrected chi connectivity index (χ4v) is 2.94. The van der Waals surface area contributed by atoms with E-state index in [-0.39, 0.29) is 36.1 Å². The minimum Gasteiger partial charge on any atom is -0.490 e. The summed E-state index contributed by atoms with van der Waals surface area (Å²) in [5, 5.41) is 6.62. The Labute approximate surface area is 189 Å². The quantitative estimate of drug-likeness (QED) is 0.364. The number of aliphatic imine (C=N–C) groups is 1. The Bertz CT molecular complexity index is 730. The molecule has 162 valence electrons. The summed E-state index contributed by atoms with van der Waals surface area (Å²) < 4.78 is 16.8. The van der Waals surface area contributed by atoms with Crippen LogP contribution in [-0.4, -0.2) is 61.9 Å². The Morgan fingerprint density at radius 2 is 1.93 bits per heavy atom. The summed E-state index contributed by atoms with van der Waals surface area (Å²) in [6.45, 7) is 8.76. The van der Waals surface area contributed by atoms with Crippen molar-refractivity contribution in [3.63, 3.8) is 0 Å². The predicted octanol–water partition coefficient (Wildman–Crippen LogP) is 2.75. The van der Waals surface area contributed by atoms with Gasteiger partial charge in [-0.1, -0.05) is 6.07 Å². The normalized spacial score (nSPS) is 16.8. The van der Waals surface area contributed by atoms with E-state index in [4.69, 9.17) is 14.2 Å². The summed E-state index contributed by atoms with van der Waals surface area (Å²) >= 11 is 0. The molecule has 3 rings (SSSR count). The highest BCUT2D eigenvalue weighted by Gasteiger charge is 2.34. The summed E-state index contributed by atoms with van der Waals surface area (Å²) in [5.74, 6) is 2.27. The lowest BCUT2D eigenvalue weighted by Crippen LogP contribution is -2.63. The number of carbonyl (C=O) groups excluding carboxylic acids is 1. The minimum absolute atomic E-state index is 0. The molecule has 0 aromatic heterocycles. The van der Waals surface area contributed by atoms with E-state index in [0.717, 1.165) is 23.5 Å². The van der Waals surface area contributed by atoms with Gasteiger partial charge in [-0.3, -0.25) is 4.99 Å². The Balaban J connectivity index is 0.00000300. The molecular formula is C20H31IN4O4. The van der Waals surface area contributed by atoms with Crippen molar-refractivity contribution in [1.29, 1.82) is 0 Å². The molecule has 0 unspecified atom stereocenters. The number of nitrogens with one attached hydrogen (secondary N) is 2. The molecule has 1 aromatic carbocycles. The van der Waals surface area contributed by atoms with Crippen molar-refractivity contribution in [1.82, 2.24) is 15.5 Å². The minimum atomic E-state index is -0.476. The van der Waals surface area contributed by atoms with Crippen molar-refractivity contribution in [3.8, 4) is 11.5 Å². The Morgan fingerprint density at radius 1 is 1.24 bits per heavy atom. The van der Waals surface area contributed by atoms with Crippen molar-refractivity contribution in [3.05, 3.63) is 23.8 Å². The number of nitrogens with zero attached hydrogens (tertiary/aromatic N) is 2. The van der Waals surface area contributed by atoms with Crippen molar-refractivity contribution in [2.45, 2.75) is 45.4 Å². The van der Waals surface area contributed by atoms with Crippen LogP contribution in [0.1, 0.15) is 32.8 Å². The number of ether oxygens (including phenoxy) is 3. The topological polar surface area (TPSA) is 84.4 Å². The number of hydrogen-bond acceptors (Lipinski definition) is 5. The first-order valence-corrected chi connectivity index (χ1v) is 9.68. The highest BCUT2D eigenvalue weighted by molar-refractivity contribution is 14.0. The first-order valence-electron chi connectivity index (χ1n) is 9.68. The first-order chi connectivity index (χ1) is 13.3. The van der Waals surface area contributed by atoms with E-state index in [0.29, 0.717) is 38.8 Å². The molecule has 0 atom stereocenters. The first kappa shape index (κ1) is 23.4. The third-order valence-electron chi connectivity index (χ3n) is 4.37. The highest BCUT2D eigenvalue weighted by Crippen LogP contribution is 2.30. The lowest BCUT2D eigenvalue weighted by atomic mass is 10.1. The Kier molecular flexibility index (Phi) is 8.23. The second-order valence-corrected chi connectivity index (χ2v) is 7.98. The van der Waals surface area contributed by atoms with Gasteiger partial charge in [0.1, 0.15) is 5.60 Å². The summed E-state index contributed by atoms with van der Waals surface area (Å²) in [6, 6.07) is 6.11. The average Bonchev–Trinajstić information content (AvgIpc) is 2.83. The number of fused-ring (bicyclic) bond motifs is 1. The maximum atomic E-state index is 12.0. The number of rotatable bonds is 3. The zero-order valence-corrected chi connectivity index (χ0v) is 19.8. The van der Waals surface area contributed by atoms with Crippen LogP contribution in [0.15, 0.2) is 23.2 Å². The van der Waals surface area contributed by atoms with Crippen molar-refractivity contribution in [2.75, 3.05) is 33.4 Å². The second-order valence-electron chi connectivity index (χ2n) is 7.98. The summed E-state index contributed by atoms with van der Waals surface area (Å²) in [4.78, 5) is 17.9. The number of benzene rings is 1. The van der Waals surface area contributed by atoms with Crippen LogP contribution >= 0.6 is 24.0 Å². The van der Waals surface area contributed by atoms with Crippen LogP contribution in [0.4, 0.5) is 4.79 Å². The molecule has 2 N–H and O–H groups in total. The van der Waals surface area contributed by atoms with Crippen LogP contribution in [0.3, 0.4) is 0 Å². The molecule has 1 aromatic rings. The lowest BCUT2D eigenvalue weighted by Gasteiger charge is -2.40. The third-order valence-corrected chi connectivity index (χ3v) is 4.37. The van der Waals surface area contributed by atoms with Crippen LogP contribution in [0.25, 0.3) is 0 Å². The molecule has 0 radical (unpaired) electrons. The van der Waals surface area contributed by atoms with Gasteiger partial charge in [0.25, 0.3) is 0 Å². The fourth-order valence-electron chi connectivity index (χ4n) is 2.94. The average molecular weight is 518 g/mol. The van der Waals surface area contributed by atoms with Crippen LogP contribution in [0.5, 0.6) is 11.5 Å². The zero-order chi connectivity index (χ0) is 20.1. The van der Waals surface area contributed by atoms with Gasteiger partial charge >= 0.3 is 6.09 Å². The maximum absolute atomic E-state index is 12.0. The predicted molar refractivity (Wildman–Crippen MR) is 122 cm³/mol. The monoisotopic (exact) mass is 518 g/mol. The molecule has 1 amide bonds. The van der Waals surface area contributed by atoms with E-state index in [2.05, 4.69) is 15.6 Å². The van der Waals surface area contributed by atoms with Gasteiger partial charge in [-0.25, -0.2) is 4.79 Å². The number of hydrogen-bond donors (Lipinski definition) is 2. The van der Waals surface area contributed by atoms with Crippen molar-refractivity contribution in [2.24, 2.45) is 4.99 Å². The fraction of sp³-hybridized carbons (Fsp3) is 0.600. The molecule has 0 aliphatic carbocycles. The molecule has 0 spiro atoms. The third kappa shape index (κ3) is 6.83. The van der Waals surface area contributed by atoms with Crippen LogP contribution in [-0.2, 0) is 11.3 Å². The molecule has 2 aliphatic heterocycles. The van der Waals surface area contributed by atoms with E-state index in [1.165, 1.54) is 0 Å². The van der Waals surface area contributed by atoms with E-state index in [9.17, 15) is 4.79 Å². The van der Waals surface area contributed by atoms with Crippen LogP contribution in [0, 0.1) is 0 Å². The van der Waals surface area contributed by atoms with Crippen LogP contribution in [0.2, 0.25) is 0 Å². The summed E-state index contributed by atoms with van der Waals surface area (Å²) in [7, 11) is 1.73. The van der Waals surface area contributed by atoms with Crippen LogP contribution < -0.4 is 20.1 Å². The van der Waals surface area contributed by atoms with Gasteiger partial charge < -0.3 is 29.7 Å². The van der Waals surface area contributed by atoms with Gasteiger partial charge in [-0.15, -0.1) is 24.0 Å². The standard InChI is InChI=1S/C20H30N4O4.HI/c1-20(2,3)28-19(25)24-12-15(13-24)23-18(21-4)22-11-14-6-7-16-17(10-14)27-9-5-8-26-16;/h6-7,10,15H,5,8-9,11-13H2,1-4H3,(H2,21,22,23);1H. The van der Waals surface area contributed by atoms with E-state index < -0.39 is 5.60 Å². The summed E-state index contributed by atoms with van der Waals surface area (Å²) in [6.07, 6.45) is 0.612. The largest absolute Gasteiger partial charge is 0.490 e. The Hall–Kier alpha value is -1.91. The molecule has 9 heteroatoms. The van der Waals surface area contributed by atoms with Crippen molar-refractivity contribution >= 4 is 36.0 Å². The molecule has 0 saturated carbocycles. The highest BCUT2D eigenvalue weighted by atomic mass is 127. The van der Waals surface area contributed by atoms with E-state index in [1.807, 2.05) is 39.0 Å². The molecule has 29 heavy (non-hydrogen) atoms. The van der Waals surface area contributed by atoms with Gasteiger partial charge in [0, 0.05) is 33.1 Å². The molecule has 0 bridgehead atoms. The van der Waals surface area contributed by atoms with Gasteiger partial charge in [-0.05, 0) is 38.5 Å². The molecule has 2 heterocycles. The van der Waals surface area contributed by atoms with Gasteiger partial charge in [0.15, 0.2) is 17.5 Å².